The van der Waals surface area contributed by atoms with Crippen molar-refractivity contribution < 1.29 is 17.9 Å². The first-order chi connectivity index (χ1) is 9.65. The lowest BCUT2D eigenvalue weighted by molar-refractivity contribution is 0.0943. The number of sulfonamides is 1. The van der Waals surface area contributed by atoms with Gasteiger partial charge in [0, 0.05) is 6.20 Å². The highest BCUT2D eigenvalue weighted by molar-refractivity contribution is 7.89. The number of rotatable bonds is 4. The first kappa shape index (κ1) is 12.9. The molecule has 8 heteroatoms. The van der Waals surface area contributed by atoms with Crippen LogP contribution in [0.5, 0.6) is 11.5 Å². The summed E-state index contributed by atoms with van der Waals surface area (Å²) < 4.78 is 37.5. The van der Waals surface area contributed by atoms with E-state index < -0.39 is 10.0 Å². The number of aromatic amines is 1. The molecule has 1 atom stereocenters. The Morgan fingerprint density at radius 3 is 2.90 bits per heavy atom. The molecule has 0 aliphatic carbocycles. The molecule has 2 heterocycles. The third kappa shape index (κ3) is 2.61. The van der Waals surface area contributed by atoms with Gasteiger partial charge in [-0.2, -0.15) is 5.10 Å². The molecule has 0 fully saturated rings. The summed E-state index contributed by atoms with van der Waals surface area (Å²) in [6.07, 6.45) is 2.19. The van der Waals surface area contributed by atoms with E-state index in [1.807, 2.05) is 12.1 Å². The van der Waals surface area contributed by atoms with E-state index in [9.17, 15) is 8.42 Å². The van der Waals surface area contributed by atoms with Gasteiger partial charge in [-0.25, -0.2) is 13.1 Å². The minimum absolute atomic E-state index is 0.0922. The smallest absolute Gasteiger partial charge is 0.243 e. The molecule has 7 nitrogen and oxygen atoms in total. The number of fused-ring (bicyclic) bond motifs is 1. The van der Waals surface area contributed by atoms with Gasteiger partial charge in [0.05, 0.1) is 12.7 Å². The molecule has 2 aromatic rings. The van der Waals surface area contributed by atoms with Gasteiger partial charge in [-0.15, -0.1) is 0 Å². The molecule has 20 heavy (non-hydrogen) atoms. The van der Waals surface area contributed by atoms with E-state index in [1.165, 1.54) is 12.4 Å². The number of H-pyrrole nitrogens is 1. The van der Waals surface area contributed by atoms with Crippen molar-refractivity contribution in [2.75, 3.05) is 13.2 Å². The van der Waals surface area contributed by atoms with Gasteiger partial charge in [-0.1, -0.05) is 12.1 Å². The van der Waals surface area contributed by atoms with E-state index in [4.69, 9.17) is 9.47 Å². The Hall–Kier alpha value is -2.06. The van der Waals surface area contributed by atoms with Crippen molar-refractivity contribution in [3.8, 4) is 11.5 Å². The first-order valence-electron chi connectivity index (χ1n) is 6.02. The predicted octanol–water partition coefficient (Wildman–Crippen LogP) is 0.528. The molecule has 0 bridgehead atoms. The molecule has 106 valence electrons. The molecular weight excluding hydrogens is 282 g/mol. The first-order valence-corrected chi connectivity index (χ1v) is 7.50. The molecule has 0 saturated heterocycles. The van der Waals surface area contributed by atoms with Crippen molar-refractivity contribution in [1.29, 1.82) is 0 Å². The van der Waals surface area contributed by atoms with E-state index in [-0.39, 0.29) is 17.5 Å². The number of aromatic nitrogens is 2. The largest absolute Gasteiger partial charge is 0.486 e. The highest BCUT2D eigenvalue weighted by atomic mass is 32.2. The fourth-order valence-corrected chi connectivity index (χ4v) is 2.81. The molecule has 1 aromatic heterocycles. The average Bonchev–Trinajstić information content (AvgIpc) is 3.00. The van der Waals surface area contributed by atoms with Crippen molar-refractivity contribution in [1.82, 2.24) is 14.9 Å². The van der Waals surface area contributed by atoms with Gasteiger partial charge in [0.15, 0.2) is 11.5 Å². The monoisotopic (exact) mass is 295 g/mol. The van der Waals surface area contributed by atoms with Crippen molar-refractivity contribution in [2.45, 2.75) is 11.0 Å². The maximum absolute atomic E-state index is 11.9. The number of nitrogens with zero attached hydrogens (tertiary/aromatic N) is 1. The lowest BCUT2D eigenvalue weighted by Crippen LogP contribution is -2.40. The fourth-order valence-electron chi connectivity index (χ4n) is 1.84. The van der Waals surface area contributed by atoms with Gasteiger partial charge in [0.1, 0.15) is 17.6 Å². The lowest BCUT2D eigenvalue weighted by Gasteiger charge is -2.26. The summed E-state index contributed by atoms with van der Waals surface area (Å²) in [5.41, 5.74) is 0. The molecule has 0 saturated carbocycles. The second-order valence-corrected chi connectivity index (χ2v) is 6.05. The van der Waals surface area contributed by atoms with Crippen molar-refractivity contribution >= 4 is 10.0 Å². The number of nitrogens with one attached hydrogen (secondary N) is 2. The van der Waals surface area contributed by atoms with Gasteiger partial charge < -0.3 is 9.47 Å². The van der Waals surface area contributed by atoms with Crippen molar-refractivity contribution in [3.05, 3.63) is 36.7 Å². The molecule has 0 unspecified atom stereocenters. The molecule has 0 amide bonds. The molecule has 1 aliphatic heterocycles. The molecule has 3 rings (SSSR count). The number of ether oxygens (including phenoxy) is 2. The normalized spacial score (nSPS) is 17.9. The summed E-state index contributed by atoms with van der Waals surface area (Å²) in [6.45, 7) is 0.423. The zero-order valence-electron chi connectivity index (χ0n) is 10.4. The molecule has 1 aromatic carbocycles. The van der Waals surface area contributed by atoms with Crippen LogP contribution in [0.25, 0.3) is 0 Å². The van der Waals surface area contributed by atoms with Crippen LogP contribution in [0, 0.1) is 0 Å². The lowest BCUT2D eigenvalue weighted by atomic mass is 10.2. The third-order valence-corrected chi connectivity index (χ3v) is 4.24. The van der Waals surface area contributed by atoms with Crippen LogP contribution in [0.15, 0.2) is 41.6 Å². The van der Waals surface area contributed by atoms with Crippen molar-refractivity contribution in [2.24, 2.45) is 0 Å². The maximum atomic E-state index is 11.9. The number of benzene rings is 1. The Labute approximate surface area is 116 Å². The van der Waals surface area contributed by atoms with Crippen LogP contribution in [-0.2, 0) is 10.0 Å². The zero-order valence-corrected chi connectivity index (χ0v) is 11.3. The quantitative estimate of drug-likeness (QED) is 0.858. The van der Waals surface area contributed by atoms with Crippen LogP contribution in [-0.4, -0.2) is 37.9 Å². The summed E-state index contributed by atoms with van der Waals surface area (Å²) in [7, 11) is -3.57. The van der Waals surface area contributed by atoms with Crippen LogP contribution in [0.3, 0.4) is 0 Å². The van der Waals surface area contributed by atoms with E-state index in [2.05, 4.69) is 14.9 Å². The second-order valence-electron chi connectivity index (χ2n) is 4.28. The fraction of sp³-hybridized carbons (Fsp3) is 0.250. The predicted molar refractivity (Wildman–Crippen MR) is 70.1 cm³/mol. The minimum Gasteiger partial charge on any atom is -0.486 e. The maximum Gasteiger partial charge on any atom is 0.243 e. The van der Waals surface area contributed by atoms with Gasteiger partial charge >= 0.3 is 0 Å². The summed E-state index contributed by atoms with van der Waals surface area (Å²) in [5, 5.41) is 6.07. The van der Waals surface area contributed by atoms with Crippen LogP contribution < -0.4 is 14.2 Å². The Kier molecular flexibility index (Phi) is 3.33. The second kappa shape index (κ2) is 5.14. The Morgan fingerprint density at radius 1 is 1.35 bits per heavy atom. The van der Waals surface area contributed by atoms with Crippen LogP contribution in [0.1, 0.15) is 0 Å². The highest BCUT2D eigenvalue weighted by Gasteiger charge is 2.23. The number of hydrogen-bond donors (Lipinski definition) is 2. The van der Waals surface area contributed by atoms with Crippen LogP contribution in [0.4, 0.5) is 0 Å². The summed E-state index contributed by atoms with van der Waals surface area (Å²) in [5.74, 6) is 1.28. The van der Waals surface area contributed by atoms with Gasteiger partial charge in [0.25, 0.3) is 0 Å². The number of para-hydroxylation sites is 2. The molecule has 0 spiro atoms. The molecule has 1 aliphatic rings. The van der Waals surface area contributed by atoms with Crippen molar-refractivity contribution in [3.63, 3.8) is 0 Å². The average molecular weight is 295 g/mol. The van der Waals surface area contributed by atoms with E-state index in [0.29, 0.717) is 18.1 Å². The van der Waals surface area contributed by atoms with E-state index in [1.54, 1.807) is 12.1 Å². The Bertz CT molecular complexity index is 684. The summed E-state index contributed by atoms with van der Waals surface area (Å²) in [6, 6.07) is 7.28. The minimum atomic E-state index is -3.57. The van der Waals surface area contributed by atoms with Crippen LogP contribution >= 0.6 is 0 Å². The topological polar surface area (TPSA) is 93.3 Å². The van der Waals surface area contributed by atoms with Gasteiger partial charge in [-0.3, -0.25) is 5.10 Å². The summed E-state index contributed by atoms with van der Waals surface area (Å²) >= 11 is 0. The Morgan fingerprint density at radius 2 is 2.15 bits per heavy atom. The third-order valence-electron chi connectivity index (χ3n) is 2.85. The van der Waals surface area contributed by atoms with Gasteiger partial charge in [-0.05, 0) is 12.1 Å². The van der Waals surface area contributed by atoms with Gasteiger partial charge in [0.2, 0.25) is 10.0 Å². The molecule has 2 N–H and O–H groups in total. The molecule has 0 radical (unpaired) electrons. The SMILES string of the molecule is O=S(=O)(NC[C@H]1COc2ccccc2O1)c1cn[nH]c1. The zero-order chi connectivity index (χ0) is 14.0. The van der Waals surface area contributed by atoms with E-state index in [0.717, 1.165) is 0 Å². The standard InChI is InChI=1S/C12H13N3O4S/c16-20(17,10-6-13-14-7-10)15-5-9-8-18-11-3-1-2-4-12(11)19-9/h1-4,6-7,9,15H,5,8H2,(H,13,14)/t9-/m0/s1. The molecular formula is C12H13N3O4S. The van der Waals surface area contributed by atoms with E-state index >= 15 is 0 Å². The Balaban J connectivity index is 1.63. The highest BCUT2D eigenvalue weighted by Crippen LogP contribution is 2.30. The van der Waals surface area contributed by atoms with Crippen LogP contribution in [0.2, 0.25) is 0 Å². The number of hydrogen-bond acceptors (Lipinski definition) is 5. The summed E-state index contributed by atoms with van der Waals surface area (Å²) in [4.78, 5) is 0.0922.